The number of aromatic nitrogens is 2. The molecule has 0 radical (unpaired) electrons. The number of rotatable bonds is 3. The number of hydrogen-bond donors (Lipinski definition) is 0. The fourth-order valence-electron chi connectivity index (χ4n) is 1.69. The summed E-state index contributed by atoms with van der Waals surface area (Å²) in [5.41, 5.74) is 2.59. The summed E-state index contributed by atoms with van der Waals surface area (Å²) in [6, 6.07) is 7.59. The van der Waals surface area contributed by atoms with Crippen molar-refractivity contribution in [1.82, 2.24) is 9.97 Å². The Balaban J connectivity index is 2.28. The summed E-state index contributed by atoms with van der Waals surface area (Å²) < 4.78 is 0.800. The van der Waals surface area contributed by atoms with Gasteiger partial charge in [-0.15, -0.1) is 0 Å². The minimum atomic E-state index is 0.0473. The predicted molar refractivity (Wildman–Crippen MR) is 79.8 cm³/mol. The summed E-state index contributed by atoms with van der Waals surface area (Å²) in [7, 11) is 0. The van der Waals surface area contributed by atoms with Gasteiger partial charge in [-0.2, -0.15) is 0 Å². The number of carbonyl (C=O) groups excluding carboxylic acids is 1. The molecule has 2 aromatic rings. The average molecular weight is 337 g/mol. The van der Waals surface area contributed by atoms with Gasteiger partial charge in [-0.05, 0) is 56.8 Å². The molecule has 0 N–H and O–H groups in total. The second kappa shape index (κ2) is 5.84. The number of Topliss-reactive ketones (excluding diaryl/α,β-unsaturated/α-hetero) is 1. The van der Waals surface area contributed by atoms with E-state index in [4.69, 9.17) is 0 Å². The maximum Gasteiger partial charge on any atom is 0.192 e. The standard InChI is InChI=1S/C14H13BrN2OS/c1-8-6-9(2)17-14(16-8)19-11-4-5-12(10(3)18)13(15)7-11/h4-7H,1-3H3. The second-order valence-electron chi connectivity index (χ2n) is 4.23. The topological polar surface area (TPSA) is 42.9 Å². The SMILES string of the molecule is CC(=O)c1ccc(Sc2nc(C)cc(C)n2)cc1Br. The number of halogens is 1. The number of aryl methyl sites for hydroxylation is 2. The summed E-state index contributed by atoms with van der Waals surface area (Å²) in [6.45, 7) is 5.46. The Bertz CT molecular complexity index is 623. The molecule has 1 aromatic heterocycles. The monoisotopic (exact) mass is 336 g/mol. The van der Waals surface area contributed by atoms with E-state index in [1.54, 1.807) is 6.92 Å². The smallest absolute Gasteiger partial charge is 0.192 e. The molecular formula is C14H13BrN2OS. The van der Waals surface area contributed by atoms with Gasteiger partial charge in [0.1, 0.15) is 0 Å². The lowest BCUT2D eigenvalue weighted by Gasteiger charge is -2.05. The van der Waals surface area contributed by atoms with E-state index in [1.165, 1.54) is 11.8 Å². The average Bonchev–Trinajstić information content (AvgIpc) is 2.26. The van der Waals surface area contributed by atoms with Gasteiger partial charge in [-0.1, -0.05) is 15.9 Å². The number of benzene rings is 1. The van der Waals surface area contributed by atoms with Crippen molar-refractivity contribution < 1.29 is 4.79 Å². The van der Waals surface area contributed by atoms with E-state index in [1.807, 2.05) is 38.1 Å². The normalized spacial score (nSPS) is 10.5. The zero-order valence-corrected chi connectivity index (χ0v) is 13.3. The summed E-state index contributed by atoms with van der Waals surface area (Å²) >= 11 is 4.90. The maximum atomic E-state index is 11.4. The van der Waals surface area contributed by atoms with Crippen LogP contribution in [0.15, 0.2) is 38.8 Å². The molecule has 0 spiro atoms. The van der Waals surface area contributed by atoms with Gasteiger partial charge in [-0.3, -0.25) is 4.79 Å². The Morgan fingerprint density at radius 2 is 1.79 bits per heavy atom. The fraction of sp³-hybridized carbons (Fsp3) is 0.214. The maximum absolute atomic E-state index is 11.4. The molecule has 98 valence electrons. The lowest BCUT2D eigenvalue weighted by atomic mass is 10.2. The Hall–Kier alpha value is -1.20. The Kier molecular flexibility index (Phi) is 4.37. The Morgan fingerprint density at radius 1 is 1.16 bits per heavy atom. The number of nitrogens with zero attached hydrogens (tertiary/aromatic N) is 2. The number of ketones is 1. The van der Waals surface area contributed by atoms with Gasteiger partial charge in [0.05, 0.1) is 0 Å². The minimum Gasteiger partial charge on any atom is -0.294 e. The number of hydrogen-bond acceptors (Lipinski definition) is 4. The molecule has 0 saturated carbocycles. The fourth-order valence-corrected chi connectivity index (χ4v) is 3.40. The van der Waals surface area contributed by atoms with Crippen molar-refractivity contribution in [3.8, 4) is 0 Å². The molecule has 0 saturated heterocycles. The van der Waals surface area contributed by atoms with Crippen molar-refractivity contribution >= 4 is 33.5 Å². The van der Waals surface area contributed by atoms with Crippen molar-refractivity contribution in [2.45, 2.75) is 30.8 Å². The van der Waals surface area contributed by atoms with Gasteiger partial charge in [0.2, 0.25) is 0 Å². The molecule has 2 rings (SSSR count). The van der Waals surface area contributed by atoms with E-state index >= 15 is 0 Å². The van der Waals surface area contributed by atoms with Crippen molar-refractivity contribution in [2.75, 3.05) is 0 Å². The van der Waals surface area contributed by atoms with Crippen LogP contribution in [0.5, 0.6) is 0 Å². The molecule has 0 aliphatic heterocycles. The highest BCUT2D eigenvalue weighted by atomic mass is 79.9. The van der Waals surface area contributed by atoms with E-state index in [-0.39, 0.29) is 5.78 Å². The second-order valence-corrected chi connectivity index (χ2v) is 6.13. The van der Waals surface area contributed by atoms with Gasteiger partial charge in [0.15, 0.2) is 10.9 Å². The lowest BCUT2D eigenvalue weighted by Crippen LogP contribution is -1.95. The van der Waals surface area contributed by atoms with Crippen LogP contribution in [0, 0.1) is 13.8 Å². The van der Waals surface area contributed by atoms with E-state index in [0.29, 0.717) is 5.56 Å². The highest BCUT2D eigenvalue weighted by Crippen LogP contribution is 2.29. The van der Waals surface area contributed by atoms with Crippen LogP contribution in [0.4, 0.5) is 0 Å². The molecular weight excluding hydrogens is 324 g/mol. The van der Waals surface area contributed by atoms with Crippen molar-refractivity contribution in [1.29, 1.82) is 0 Å². The van der Waals surface area contributed by atoms with E-state index < -0.39 is 0 Å². The third-order valence-electron chi connectivity index (χ3n) is 2.49. The predicted octanol–water partition coefficient (Wildman–Crippen LogP) is 4.21. The first-order valence-corrected chi connectivity index (χ1v) is 7.37. The molecule has 5 heteroatoms. The van der Waals surface area contributed by atoms with E-state index in [0.717, 1.165) is 25.9 Å². The van der Waals surface area contributed by atoms with Gasteiger partial charge >= 0.3 is 0 Å². The van der Waals surface area contributed by atoms with Crippen LogP contribution >= 0.6 is 27.7 Å². The third kappa shape index (κ3) is 3.64. The third-order valence-corrected chi connectivity index (χ3v) is 4.00. The molecule has 0 unspecified atom stereocenters. The van der Waals surface area contributed by atoms with Crippen LogP contribution < -0.4 is 0 Å². The quantitative estimate of drug-likeness (QED) is 0.622. The summed E-state index contributed by atoms with van der Waals surface area (Å²) in [4.78, 5) is 21.1. The van der Waals surface area contributed by atoms with Gasteiger partial charge in [-0.25, -0.2) is 9.97 Å². The molecule has 0 aliphatic rings. The van der Waals surface area contributed by atoms with E-state index in [2.05, 4.69) is 25.9 Å². The van der Waals surface area contributed by atoms with Gasteiger partial charge < -0.3 is 0 Å². The first-order chi connectivity index (χ1) is 8.95. The Morgan fingerprint density at radius 3 is 2.32 bits per heavy atom. The summed E-state index contributed by atoms with van der Waals surface area (Å²) in [5, 5.41) is 0.722. The molecule has 3 nitrogen and oxygen atoms in total. The number of carbonyl (C=O) groups is 1. The Labute approximate surface area is 125 Å². The van der Waals surface area contributed by atoms with Crippen LogP contribution in [0.2, 0.25) is 0 Å². The van der Waals surface area contributed by atoms with Crippen LogP contribution in [0.3, 0.4) is 0 Å². The first kappa shape index (κ1) is 14.2. The van der Waals surface area contributed by atoms with Crippen LogP contribution in [0.1, 0.15) is 28.7 Å². The van der Waals surface area contributed by atoms with Crippen LogP contribution in [-0.2, 0) is 0 Å². The highest BCUT2D eigenvalue weighted by Gasteiger charge is 2.08. The van der Waals surface area contributed by atoms with Gasteiger partial charge in [0, 0.05) is 26.3 Å². The largest absolute Gasteiger partial charge is 0.294 e. The van der Waals surface area contributed by atoms with E-state index in [9.17, 15) is 4.79 Å². The summed E-state index contributed by atoms with van der Waals surface area (Å²) in [5.74, 6) is 0.0473. The molecule has 0 aliphatic carbocycles. The summed E-state index contributed by atoms with van der Waals surface area (Å²) in [6.07, 6.45) is 0. The van der Waals surface area contributed by atoms with Gasteiger partial charge in [0.25, 0.3) is 0 Å². The zero-order chi connectivity index (χ0) is 14.0. The molecule has 0 bridgehead atoms. The molecule has 0 atom stereocenters. The van der Waals surface area contributed by atoms with Crippen LogP contribution in [0.25, 0.3) is 0 Å². The van der Waals surface area contributed by atoms with Crippen LogP contribution in [-0.4, -0.2) is 15.8 Å². The molecule has 1 aromatic carbocycles. The minimum absolute atomic E-state index is 0.0473. The zero-order valence-electron chi connectivity index (χ0n) is 10.9. The molecule has 0 fully saturated rings. The highest BCUT2D eigenvalue weighted by molar-refractivity contribution is 9.10. The van der Waals surface area contributed by atoms with Crippen molar-refractivity contribution in [2.24, 2.45) is 0 Å². The first-order valence-electron chi connectivity index (χ1n) is 5.76. The molecule has 1 heterocycles. The molecule has 0 amide bonds. The molecule has 19 heavy (non-hydrogen) atoms. The van der Waals surface area contributed by atoms with Crippen molar-refractivity contribution in [3.05, 3.63) is 45.7 Å². The van der Waals surface area contributed by atoms with Crippen molar-refractivity contribution in [3.63, 3.8) is 0 Å². The lowest BCUT2D eigenvalue weighted by molar-refractivity contribution is 0.101.